The Hall–Kier alpha value is -2.17. The van der Waals surface area contributed by atoms with E-state index in [1.165, 1.54) is 6.42 Å². The summed E-state index contributed by atoms with van der Waals surface area (Å²) in [4.78, 5) is 38.5. The Morgan fingerprint density at radius 2 is 1.88 bits per heavy atom. The van der Waals surface area contributed by atoms with Crippen molar-refractivity contribution < 1.29 is 14.4 Å². The number of urea groups is 1. The fourth-order valence-electron chi connectivity index (χ4n) is 3.74. The van der Waals surface area contributed by atoms with Crippen LogP contribution >= 0.6 is 0 Å². The molecule has 0 unspecified atom stereocenters. The van der Waals surface area contributed by atoms with Crippen LogP contribution in [-0.4, -0.2) is 35.2 Å². The largest absolute Gasteiger partial charge is 0.326 e. The van der Waals surface area contributed by atoms with Gasteiger partial charge in [0.1, 0.15) is 6.04 Å². The van der Waals surface area contributed by atoms with E-state index in [0.717, 1.165) is 41.7 Å². The third-order valence-electron chi connectivity index (χ3n) is 5.17. The van der Waals surface area contributed by atoms with Gasteiger partial charge in [0, 0.05) is 5.56 Å². The highest BCUT2D eigenvalue weighted by molar-refractivity contribution is 6.09. The molecule has 1 aliphatic heterocycles. The van der Waals surface area contributed by atoms with Crippen LogP contribution < -0.4 is 5.32 Å². The van der Waals surface area contributed by atoms with Crippen molar-refractivity contribution >= 4 is 17.7 Å². The maximum absolute atomic E-state index is 12.6. The van der Waals surface area contributed by atoms with Gasteiger partial charge in [-0.15, -0.1) is 0 Å². The first kappa shape index (κ1) is 16.7. The summed E-state index contributed by atoms with van der Waals surface area (Å²) in [5, 5.41) is 2.79. The molecule has 0 radical (unpaired) electrons. The van der Waals surface area contributed by atoms with E-state index in [4.69, 9.17) is 0 Å². The lowest BCUT2D eigenvalue weighted by Gasteiger charge is -2.25. The van der Waals surface area contributed by atoms with Crippen LogP contribution in [0.4, 0.5) is 4.79 Å². The molecule has 128 valence electrons. The number of carbonyl (C=O) groups is 3. The van der Waals surface area contributed by atoms with Crippen LogP contribution in [0.5, 0.6) is 0 Å². The van der Waals surface area contributed by atoms with Gasteiger partial charge in [0.05, 0.1) is 6.54 Å². The Bertz CT molecular complexity index is 677. The Morgan fingerprint density at radius 1 is 1.17 bits per heavy atom. The monoisotopic (exact) mass is 328 g/mol. The molecular weight excluding hydrogens is 304 g/mol. The van der Waals surface area contributed by atoms with Gasteiger partial charge < -0.3 is 5.32 Å². The van der Waals surface area contributed by atoms with E-state index >= 15 is 0 Å². The van der Waals surface area contributed by atoms with E-state index in [0.29, 0.717) is 5.56 Å². The molecule has 5 nitrogen and oxygen atoms in total. The second-order valence-corrected chi connectivity index (χ2v) is 6.99. The molecule has 1 N–H and O–H groups in total. The third kappa shape index (κ3) is 3.21. The van der Waals surface area contributed by atoms with E-state index in [1.807, 2.05) is 32.0 Å². The van der Waals surface area contributed by atoms with Crippen LogP contribution in [0.1, 0.15) is 53.6 Å². The number of Topliss-reactive ketones (excluding diaryl/α,β-unsaturated/α-hetero) is 1. The summed E-state index contributed by atoms with van der Waals surface area (Å²) >= 11 is 0. The van der Waals surface area contributed by atoms with E-state index in [9.17, 15) is 14.4 Å². The van der Waals surface area contributed by atoms with Crippen LogP contribution in [0.3, 0.4) is 0 Å². The molecule has 0 bridgehead atoms. The van der Waals surface area contributed by atoms with E-state index < -0.39 is 12.1 Å². The van der Waals surface area contributed by atoms with Crippen LogP contribution in [0.2, 0.25) is 0 Å². The molecule has 24 heavy (non-hydrogen) atoms. The first-order valence-corrected chi connectivity index (χ1v) is 8.69. The smallest absolute Gasteiger partial charge is 0.325 e. The number of nitrogens with zero attached hydrogens (tertiary/aromatic N) is 1. The number of nitrogens with one attached hydrogen (secondary N) is 1. The van der Waals surface area contributed by atoms with Crippen LogP contribution in [0.25, 0.3) is 0 Å². The summed E-state index contributed by atoms with van der Waals surface area (Å²) in [7, 11) is 0. The van der Waals surface area contributed by atoms with Crippen molar-refractivity contribution in [3.8, 4) is 0 Å². The molecule has 0 spiro atoms. The summed E-state index contributed by atoms with van der Waals surface area (Å²) in [6, 6.07) is 4.76. The van der Waals surface area contributed by atoms with Gasteiger partial charge in [-0.2, -0.15) is 0 Å². The first-order valence-electron chi connectivity index (χ1n) is 8.69. The SMILES string of the molecule is Cc1ccc(C)c(C(=O)CN2C(=O)N[C@@H](C3CCCCC3)C2=O)c1. The summed E-state index contributed by atoms with van der Waals surface area (Å²) in [5.74, 6) is -0.231. The molecule has 1 aromatic carbocycles. The number of imide groups is 1. The molecule has 1 saturated heterocycles. The molecule has 2 fully saturated rings. The number of benzene rings is 1. The number of ketones is 1. The second-order valence-electron chi connectivity index (χ2n) is 6.99. The molecule has 2 aliphatic rings. The zero-order valence-electron chi connectivity index (χ0n) is 14.3. The molecule has 0 aromatic heterocycles. The summed E-state index contributed by atoms with van der Waals surface area (Å²) in [6.45, 7) is 3.60. The van der Waals surface area contributed by atoms with E-state index in [2.05, 4.69) is 5.32 Å². The predicted octanol–water partition coefficient (Wildman–Crippen LogP) is 2.99. The number of hydrogen-bond acceptors (Lipinski definition) is 3. The zero-order valence-corrected chi connectivity index (χ0v) is 14.3. The molecular formula is C19H24N2O3. The van der Waals surface area contributed by atoms with Gasteiger partial charge in [0.15, 0.2) is 5.78 Å². The van der Waals surface area contributed by atoms with E-state index in [-0.39, 0.29) is 24.2 Å². The van der Waals surface area contributed by atoms with Crippen molar-refractivity contribution in [3.63, 3.8) is 0 Å². The van der Waals surface area contributed by atoms with Gasteiger partial charge in [0.2, 0.25) is 0 Å². The Labute approximate surface area is 142 Å². The molecule has 1 atom stereocenters. The van der Waals surface area contributed by atoms with Crippen LogP contribution in [0, 0.1) is 19.8 Å². The third-order valence-corrected chi connectivity index (χ3v) is 5.17. The van der Waals surface area contributed by atoms with Crippen LogP contribution in [-0.2, 0) is 4.79 Å². The molecule has 5 heteroatoms. The minimum atomic E-state index is -0.454. The maximum Gasteiger partial charge on any atom is 0.325 e. The van der Waals surface area contributed by atoms with Crippen molar-refractivity contribution in [2.24, 2.45) is 5.92 Å². The van der Waals surface area contributed by atoms with Gasteiger partial charge in [-0.05, 0) is 44.2 Å². The zero-order chi connectivity index (χ0) is 17.3. The standard InChI is InChI=1S/C19H24N2O3/c1-12-8-9-13(2)15(10-12)16(22)11-21-18(23)17(20-19(21)24)14-6-4-3-5-7-14/h8-10,14,17H,3-7,11H2,1-2H3,(H,20,24)/t17-/m0/s1. The predicted molar refractivity (Wildman–Crippen MR) is 90.9 cm³/mol. The summed E-state index contributed by atoms with van der Waals surface area (Å²) in [6.07, 6.45) is 5.34. The van der Waals surface area contributed by atoms with Gasteiger partial charge in [-0.1, -0.05) is 37.0 Å². The molecule has 1 heterocycles. The fourth-order valence-corrected chi connectivity index (χ4v) is 3.74. The quantitative estimate of drug-likeness (QED) is 0.682. The minimum Gasteiger partial charge on any atom is -0.326 e. The molecule has 3 rings (SSSR count). The average molecular weight is 328 g/mol. The second kappa shape index (κ2) is 6.75. The van der Waals surface area contributed by atoms with Crippen molar-refractivity contribution in [1.82, 2.24) is 10.2 Å². The van der Waals surface area contributed by atoms with Crippen molar-refractivity contribution in [1.29, 1.82) is 0 Å². The number of aryl methyl sites for hydroxylation is 2. The van der Waals surface area contributed by atoms with Gasteiger partial charge in [0.25, 0.3) is 5.91 Å². The Kier molecular flexibility index (Phi) is 4.69. The molecule has 3 amide bonds. The lowest BCUT2D eigenvalue weighted by atomic mass is 9.84. The number of amides is 3. The van der Waals surface area contributed by atoms with Crippen molar-refractivity contribution in [3.05, 3.63) is 34.9 Å². The van der Waals surface area contributed by atoms with E-state index in [1.54, 1.807) is 0 Å². The number of rotatable bonds is 4. The number of hydrogen-bond donors (Lipinski definition) is 1. The molecule has 1 saturated carbocycles. The highest BCUT2D eigenvalue weighted by atomic mass is 16.2. The minimum absolute atomic E-state index is 0.182. The lowest BCUT2D eigenvalue weighted by Crippen LogP contribution is -2.39. The maximum atomic E-state index is 12.6. The topological polar surface area (TPSA) is 66.5 Å². The molecule has 1 aromatic rings. The molecule has 1 aliphatic carbocycles. The van der Waals surface area contributed by atoms with Crippen molar-refractivity contribution in [2.75, 3.05) is 6.54 Å². The van der Waals surface area contributed by atoms with Crippen molar-refractivity contribution in [2.45, 2.75) is 52.0 Å². The Balaban J connectivity index is 1.72. The van der Waals surface area contributed by atoms with Crippen LogP contribution in [0.15, 0.2) is 18.2 Å². The summed E-state index contributed by atoms with van der Waals surface area (Å²) in [5.41, 5.74) is 2.43. The van der Waals surface area contributed by atoms with Gasteiger partial charge in [-0.25, -0.2) is 4.79 Å². The number of carbonyl (C=O) groups excluding carboxylic acids is 3. The van der Waals surface area contributed by atoms with Gasteiger partial charge >= 0.3 is 6.03 Å². The Morgan fingerprint density at radius 3 is 2.58 bits per heavy atom. The average Bonchev–Trinajstić information content (AvgIpc) is 2.86. The normalized spacial score (nSPS) is 21.9. The lowest BCUT2D eigenvalue weighted by molar-refractivity contribution is -0.128. The highest BCUT2D eigenvalue weighted by Gasteiger charge is 2.43. The highest BCUT2D eigenvalue weighted by Crippen LogP contribution is 2.29. The first-order chi connectivity index (χ1) is 11.5. The summed E-state index contributed by atoms with van der Waals surface area (Å²) < 4.78 is 0. The van der Waals surface area contributed by atoms with Gasteiger partial charge in [-0.3, -0.25) is 14.5 Å². The fraction of sp³-hybridized carbons (Fsp3) is 0.526.